The number of amides is 1. The Morgan fingerprint density at radius 1 is 1.56 bits per heavy atom. The summed E-state index contributed by atoms with van der Waals surface area (Å²) < 4.78 is 18.4. The van der Waals surface area contributed by atoms with Gasteiger partial charge in [0.15, 0.2) is 0 Å². The molecule has 1 aromatic rings. The number of nitrogens with one attached hydrogen (secondary N) is 1. The number of nitrogens with two attached hydrogens (primary N) is 1. The number of carbonyl (C=O) groups is 1. The van der Waals surface area contributed by atoms with E-state index in [1.165, 1.54) is 18.2 Å². The molecule has 1 amide bonds. The smallest absolute Gasteiger partial charge is 0.250 e. The quantitative estimate of drug-likeness (QED) is 0.769. The van der Waals surface area contributed by atoms with Crippen molar-refractivity contribution in [3.8, 4) is 0 Å². The van der Waals surface area contributed by atoms with E-state index in [0.717, 1.165) is 0 Å². The maximum absolute atomic E-state index is 13.3. The molecule has 4 nitrogen and oxygen atoms in total. The Hall–Kier alpha value is -1.62. The SMILES string of the molecule is CC(C)OCC(=O)Nc1c(N)cccc1F. The van der Waals surface area contributed by atoms with E-state index in [1.54, 1.807) is 0 Å². The number of anilines is 2. The van der Waals surface area contributed by atoms with Gasteiger partial charge in [-0.2, -0.15) is 0 Å². The van der Waals surface area contributed by atoms with Crippen LogP contribution in [0.2, 0.25) is 0 Å². The largest absolute Gasteiger partial charge is 0.397 e. The van der Waals surface area contributed by atoms with E-state index < -0.39 is 11.7 Å². The molecule has 0 aliphatic carbocycles. The number of carbonyl (C=O) groups excluding carboxylic acids is 1. The van der Waals surface area contributed by atoms with Gasteiger partial charge in [0.25, 0.3) is 5.91 Å². The van der Waals surface area contributed by atoms with E-state index >= 15 is 0 Å². The lowest BCUT2D eigenvalue weighted by Crippen LogP contribution is -2.21. The number of benzene rings is 1. The summed E-state index contributed by atoms with van der Waals surface area (Å²) in [7, 11) is 0. The zero-order chi connectivity index (χ0) is 12.1. The molecule has 0 radical (unpaired) electrons. The van der Waals surface area contributed by atoms with Gasteiger partial charge in [0.1, 0.15) is 18.1 Å². The van der Waals surface area contributed by atoms with E-state index in [-0.39, 0.29) is 24.1 Å². The number of ether oxygens (including phenoxy) is 1. The number of halogens is 1. The van der Waals surface area contributed by atoms with Crippen LogP contribution in [0.4, 0.5) is 15.8 Å². The van der Waals surface area contributed by atoms with Crippen LogP contribution in [0.5, 0.6) is 0 Å². The second kappa shape index (κ2) is 5.46. The highest BCUT2D eigenvalue weighted by molar-refractivity contribution is 5.94. The molecule has 1 aromatic carbocycles. The van der Waals surface area contributed by atoms with Gasteiger partial charge in [0.05, 0.1) is 11.8 Å². The van der Waals surface area contributed by atoms with Gasteiger partial charge in [-0.15, -0.1) is 0 Å². The first-order valence-corrected chi connectivity index (χ1v) is 4.96. The first-order valence-electron chi connectivity index (χ1n) is 4.96. The molecule has 5 heteroatoms. The molecule has 0 bridgehead atoms. The minimum absolute atomic E-state index is 0.000133. The van der Waals surface area contributed by atoms with E-state index in [2.05, 4.69) is 5.32 Å². The van der Waals surface area contributed by atoms with Crippen LogP contribution in [0.15, 0.2) is 18.2 Å². The lowest BCUT2D eigenvalue weighted by atomic mass is 10.2. The van der Waals surface area contributed by atoms with Crippen molar-refractivity contribution in [2.75, 3.05) is 17.7 Å². The number of nitrogen functional groups attached to an aromatic ring is 1. The minimum atomic E-state index is -0.558. The fraction of sp³-hybridized carbons (Fsp3) is 0.364. The molecule has 3 N–H and O–H groups in total. The van der Waals surface area contributed by atoms with E-state index in [0.29, 0.717) is 0 Å². The van der Waals surface area contributed by atoms with Crippen molar-refractivity contribution in [2.45, 2.75) is 20.0 Å². The molecule has 0 atom stereocenters. The zero-order valence-corrected chi connectivity index (χ0v) is 9.29. The van der Waals surface area contributed by atoms with Crippen LogP contribution >= 0.6 is 0 Å². The molecule has 0 spiro atoms. The molecule has 1 rings (SSSR count). The maximum atomic E-state index is 13.3. The average molecular weight is 226 g/mol. The van der Waals surface area contributed by atoms with Crippen LogP contribution in [0.25, 0.3) is 0 Å². The summed E-state index contributed by atoms with van der Waals surface area (Å²) in [6.45, 7) is 3.50. The summed E-state index contributed by atoms with van der Waals surface area (Å²) in [5.41, 5.74) is 5.72. The van der Waals surface area contributed by atoms with E-state index in [1.807, 2.05) is 13.8 Å². The molecular formula is C11H15FN2O2. The molecule has 0 saturated heterocycles. The van der Waals surface area contributed by atoms with Crippen molar-refractivity contribution in [3.63, 3.8) is 0 Å². The summed E-state index contributed by atoms with van der Waals surface area (Å²) in [6, 6.07) is 4.22. The third-order valence-corrected chi connectivity index (χ3v) is 1.86. The number of hydrogen-bond donors (Lipinski definition) is 2. The predicted molar refractivity (Wildman–Crippen MR) is 60.5 cm³/mol. The van der Waals surface area contributed by atoms with Crippen molar-refractivity contribution < 1.29 is 13.9 Å². The Morgan fingerprint density at radius 2 is 2.25 bits per heavy atom. The normalized spacial score (nSPS) is 10.5. The standard InChI is InChI=1S/C11H15FN2O2/c1-7(2)16-6-10(15)14-11-8(12)4-3-5-9(11)13/h3-5,7H,6,13H2,1-2H3,(H,14,15). The monoisotopic (exact) mass is 226 g/mol. The van der Waals surface area contributed by atoms with Crippen LogP contribution in [-0.4, -0.2) is 18.6 Å². The molecule has 0 saturated carbocycles. The highest BCUT2D eigenvalue weighted by Crippen LogP contribution is 2.21. The first kappa shape index (κ1) is 12.4. The molecule has 88 valence electrons. The molecule has 0 unspecified atom stereocenters. The molecule has 0 fully saturated rings. The molecule has 0 aliphatic heterocycles. The van der Waals surface area contributed by atoms with Gasteiger partial charge in [0.2, 0.25) is 0 Å². The summed E-state index contributed by atoms with van der Waals surface area (Å²) in [6.07, 6.45) is -0.0521. The average Bonchev–Trinajstić information content (AvgIpc) is 2.21. The molecule has 16 heavy (non-hydrogen) atoms. The fourth-order valence-electron chi connectivity index (χ4n) is 1.09. The van der Waals surface area contributed by atoms with E-state index in [4.69, 9.17) is 10.5 Å². The predicted octanol–water partition coefficient (Wildman–Crippen LogP) is 1.77. The third-order valence-electron chi connectivity index (χ3n) is 1.86. The first-order chi connectivity index (χ1) is 7.50. The molecular weight excluding hydrogens is 211 g/mol. The second-order valence-corrected chi connectivity index (χ2v) is 3.61. The molecule has 0 heterocycles. The van der Waals surface area contributed by atoms with Crippen molar-refractivity contribution in [2.24, 2.45) is 0 Å². The van der Waals surface area contributed by atoms with Gasteiger partial charge in [-0.25, -0.2) is 4.39 Å². The summed E-state index contributed by atoms with van der Waals surface area (Å²) >= 11 is 0. The summed E-state index contributed by atoms with van der Waals surface area (Å²) in [5.74, 6) is -0.983. The van der Waals surface area contributed by atoms with Crippen LogP contribution in [0.1, 0.15) is 13.8 Å². The Bertz CT molecular complexity index is 360. The van der Waals surface area contributed by atoms with Gasteiger partial charge in [0, 0.05) is 0 Å². The van der Waals surface area contributed by atoms with Crippen LogP contribution in [0.3, 0.4) is 0 Å². The topological polar surface area (TPSA) is 64.3 Å². The number of para-hydroxylation sites is 1. The van der Waals surface area contributed by atoms with Gasteiger partial charge in [-0.3, -0.25) is 4.79 Å². The minimum Gasteiger partial charge on any atom is -0.397 e. The fourth-order valence-corrected chi connectivity index (χ4v) is 1.09. The van der Waals surface area contributed by atoms with Crippen LogP contribution in [0, 0.1) is 5.82 Å². The maximum Gasteiger partial charge on any atom is 0.250 e. The Balaban J connectivity index is 2.63. The summed E-state index contributed by atoms with van der Waals surface area (Å²) in [4.78, 5) is 11.4. The summed E-state index contributed by atoms with van der Waals surface area (Å²) in [5, 5.41) is 2.37. The Labute approximate surface area is 93.6 Å². The van der Waals surface area contributed by atoms with Gasteiger partial charge < -0.3 is 15.8 Å². The zero-order valence-electron chi connectivity index (χ0n) is 9.29. The van der Waals surface area contributed by atoms with Crippen LogP contribution in [-0.2, 0) is 9.53 Å². The van der Waals surface area contributed by atoms with Crippen LogP contribution < -0.4 is 11.1 Å². The third kappa shape index (κ3) is 3.51. The van der Waals surface area contributed by atoms with Gasteiger partial charge >= 0.3 is 0 Å². The highest BCUT2D eigenvalue weighted by atomic mass is 19.1. The Kier molecular flexibility index (Phi) is 4.25. The number of rotatable bonds is 4. The lowest BCUT2D eigenvalue weighted by molar-refractivity contribution is -0.121. The lowest BCUT2D eigenvalue weighted by Gasteiger charge is -2.10. The second-order valence-electron chi connectivity index (χ2n) is 3.61. The van der Waals surface area contributed by atoms with Crippen molar-refractivity contribution in [1.29, 1.82) is 0 Å². The van der Waals surface area contributed by atoms with Crippen molar-refractivity contribution in [1.82, 2.24) is 0 Å². The molecule has 0 aromatic heterocycles. The van der Waals surface area contributed by atoms with Gasteiger partial charge in [-0.1, -0.05) is 6.07 Å². The van der Waals surface area contributed by atoms with Crippen molar-refractivity contribution >= 4 is 17.3 Å². The van der Waals surface area contributed by atoms with Gasteiger partial charge in [-0.05, 0) is 26.0 Å². The molecule has 0 aliphatic rings. The Morgan fingerprint density at radius 3 is 2.81 bits per heavy atom. The highest BCUT2D eigenvalue weighted by Gasteiger charge is 2.10. The number of hydrogen-bond acceptors (Lipinski definition) is 3. The van der Waals surface area contributed by atoms with E-state index in [9.17, 15) is 9.18 Å². The van der Waals surface area contributed by atoms with Crippen molar-refractivity contribution in [3.05, 3.63) is 24.0 Å².